The van der Waals surface area contributed by atoms with Gasteiger partial charge >= 0.3 is 0 Å². The SMILES string of the molecule is Cc1cccc2nc(CS(=O)CCc3ccccc3Cl)cn12. The van der Waals surface area contributed by atoms with Gasteiger partial charge in [0.1, 0.15) is 5.65 Å². The summed E-state index contributed by atoms with van der Waals surface area (Å²) in [6, 6.07) is 13.7. The van der Waals surface area contributed by atoms with Crippen molar-refractivity contribution in [1.82, 2.24) is 9.38 Å². The third-order valence-electron chi connectivity index (χ3n) is 3.61. The zero-order valence-corrected chi connectivity index (χ0v) is 13.9. The van der Waals surface area contributed by atoms with Gasteiger partial charge in [0.25, 0.3) is 0 Å². The molecule has 3 rings (SSSR count). The van der Waals surface area contributed by atoms with Crippen LogP contribution in [0.2, 0.25) is 5.02 Å². The fraction of sp³-hybridized carbons (Fsp3) is 0.235. The number of fused-ring (bicyclic) bond motifs is 1. The second-order valence-corrected chi connectivity index (χ2v) is 7.24. The van der Waals surface area contributed by atoms with Crippen molar-refractivity contribution in [2.24, 2.45) is 0 Å². The Labute approximate surface area is 137 Å². The Kier molecular flexibility index (Phi) is 4.60. The van der Waals surface area contributed by atoms with Crippen LogP contribution in [0.3, 0.4) is 0 Å². The second kappa shape index (κ2) is 6.63. The predicted octanol–water partition coefficient (Wildman–Crippen LogP) is 3.79. The molecule has 2 heterocycles. The molecule has 1 unspecified atom stereocenters. The summed E-state index contributed by atoms with van der Waals surface area (Å²) in [5.74, 6) is 1.07. The lowest BCUT2D eigenvalue weighted by atomic mass is 10.2. The zero-order chi connectivity index (χ0) is 15.5. The van der Waals surface area contributed by atoms with Gasteiger partial charge in [0.2, 0.25) is 0 Å². The van der Waals surface area contributed by atoms with Gasteiger partial charge in [-0.1, -0.05) is 35.9 Å². The second-order valence-electron chi connectivity index (χ2n) is 5.26. The minimum Gasteiger partial charge on any atom is -0.304 e. The summed E-state index contributed by atoms with van der Waals surface area (Å²) >= 11 is 6.12. The van der Waals surface area contributed by atoms with Crippen molar-refractivity contribution < 1.29 is 4.21 Å². The van der Waals surface area contributed by atoms with Crippen LogP contribution >= 0.6 is 11.6 Å². The number of aryl methyl sites for hydroxylation is 2. The molecule has 22 heavy (non-hydrogen) atoms. The van der Waals surface area contributed by atoms with Gasteiger partial charge < -0.3 is 4.40 Å². The average molecular weight is 333 g/mol. The van der Waals surface area contributed by atoms with E-state index in [1.165, 1.54) is 0 Å². The van der Waals surface area contributed by atoms with Crippen LogP contribution in [-0.4, -0.2) is 19.3 Å². The summed E-state index contributed by atoms with van der Waals surface area (Å²) in [7, 11) is -0.948. The van der Waals surface area contributed by atoms with Crippen LogP contribution in [0.15, 0.2) is 48.7 Å². The Bertz CT molecular complexity index is 828. The van der Waals surface area contributed by atoms with Crippen molar-refractivity contribution in [3.05, 3.63) is 70.6 Å². The summed E-state index contributed by atoms with van der Waals surface area (Å²) in [5, 5.41) is 0.739. The Hall–Kier alpha value is -1.65. The number of rotatable bonds is 5. The minimum absolute atomic E-state index is 0.478. The highest BCUT2D eigenvalue weighted by atomic mass is 35.5. The van der Waals surface area contributed by atoms with Crippen LogP contribution in [0.25, 0.3) is 5.65 Å². The number of aromatic nitrogens is 2. The van der Waals surface area contributed by atoms with E-state index >= 15 is 0 Å². The molecule has 1 aromatic carbocycles. The van der Waals surface area contributed by atoms with Crippen molar-refractivity contribution in [3.63, 3.8) is 0 Å². The number of hydrogen-bond acceptors (Lipinski definition) is 2. The van der Waals surface area contributed by atoms with Gasteiger partial charge in [0.15, 0.2) is 0 Å². The normalized spacial score (nSPS) is 12.6. The van der Waals surface area contributed by atoms with E-state index in [4.69, 9.17) is 11.6 Å². The fourth-order valence-corrected chi connectivity index (χ4v) is 3.72. The number of imidazole rings is 1. The van der Waals surface area contributed by atoms with Crippen LogP contribution in [0.5, 0.6) is 0 Å². The molecular formula is C17H17ClN2OS. The molecule has 3 aromatic rings. The lowest BCUT2D eigenvalue weighted by molar-refractivity contribution is 0.681. The molecule has 5 heteroatoms. The summed E-state index contributed by atoms with van der Waals surface area (Å²) in [6.07, 6.45) is 2.69. The summed E-state index contributed by atoms with van der Waals surface area (Å²) < 4.78 is 14.3. The molecule has 0 aliphatic carbocycles. The molecule has 0 aliphatic rings. The predicted molar refractivity (Wildman–Crippen MR) is 91.8 cm³/mol. The molecule has 3 nitrogen and oxygen atoms in total. The molecule has 0 fully saturated rings. The molecule has 0 saturated heterocycles. The maximum absolute atomic E-state index is 12.3. The number of halogens is 1. The van der Waals surface area contributed by atoms with Crippen LogP contribution in [0, 0.1) is 6.92 Å². The molecule has 1 atom stereocenters. The van der Waals surface area contributed by atoms with E-state index in [1.807, 2.05) is 60.0 Å². The first-order chi connectivity index (χ1) is 10.6. The third-order valence-corrected chi connectivity index (χ3v) is 5.26. The first kappa shape index (κ1) is 15.3. The Morgan fingerprint density at radius 1 is 1.18 bits per heavy atom. The van der Waals surface area contributed by atoms with E-state index in [9.17, 15) is 4.21 Å². The first-order valence-corrected chi connectivity index (χ1v) is 9.02. The summed E-state index contributed by atoms with van der Waals surface area (Å²) in [5.41, 5.74) is 3.94. The lowest BCUT2D eigenvalue weighted by Crippen LogP contribution is -2.04. The van der Waals surface area contributed by atoms with Crippen molar-refractivity contribution in [3.8, 4) is 0 Å². The quantitative estimate of drug-likeness (QED) is 0.712. The maximum Gasteiger partial charge on any atom is 0.137 e. The molecule has 2 aromatic heterocycles. The molecule has 0 amide bonds. The molecule has 0 bridgehead atoms. The number of hydrogen-bond donors (Lipinski definition) is 0. The van der Waals surface area contributed by atoms with Crippen LogP contribution in [0.4, 0.5) is 0 Å². The number of benzene rings is 1. The largest absolute Gasteiger partial charge is 0.304 e. The van der Waals surface area contributed by atoms with Crippen LogP contribution in [0.1, 0.15) is 17.0 Å². The summed E-state index contributed by atoms with van der Waals surface area (Å²) in [4.78, 5) is 4.53. The van der Waals surface area contributed by atoms with E-state index in [0.29, 0.717) is 11.5 Å². The third kappa shape index (κ3) is 3.39. The monoisotopic (exact) mass is 332 g/mol. The maximum atomic E-state index is 12.3. The standard InChI is InChI=1S/C17H17ClN2OS/c1-13-5-4-8-17-19-15(11-20(13)17)12-22(21)10-9-14-6-2-3-7-16(14)18/h2-8,11H,9-10,12H2,1H3. The van der Waals surface area contributed by atoms with Gasteiger partial charge in [-0.05, 0) is 37.1 Å². The first-order valence-electron chi connectivity index (χ1n) is 7.15. The van der Waals surface area contributed by atoms with Gasteiger partial charge in [-0.2, -0.15) is 0 Å². The van der Waals surface area contributed by atoms with Crippen molar-refractivity contribution in [2.45, 2.75) is 19.1 Å². The minimum atomic E-state index is -0.948. The molecule has 0 N–H and O–H groups in total. The number of nitrogens with zero attached hydrogens (tertiary/aromatic N) is 2. The highest BCUT2D eigenvalue weighted by Gasteiger charge is 2.08. The molecule has 114 valence electrons. The fourth-order valence-electron chi connectivity index (χ4n) is 2.43. The van der Waals surface area contributed by atoms with E-state index in [-0.39, 0.29) is 0 Å². The van der Waals surface area contributed by atoms with E-state index in [2.05, 4.69) is 4.98 Å². The molecule has 0 saturated carbocycles. The number of pyridine rings is 1. The molecule has 0 radical (unpaired) electrons. The Morgan fingerprint density at radius 2 is 2.00 bits per heavy atom. The summed E-state index contributed by atoms with van der Waals surface area (Å²) in [6.45, 7) is 2.03. The average Bonchev–Trinajstić information content (AvgIpc) is 2.90. The van der Waals surface area contributed by atoms with Crippen molar-refractivity contribution >= 4 is 28.0 Å². The van der Waals surface area contributed by atoms with Crippen molar-refractivity contribution in [2.75, 3.05) is 5.75 Å². The molecule has 0 aliphatic heterocycles. The van der Waals surface area contributed by atoms with E-state index in [0.717, 1.165) is 34.0 Å². The highest BCUT2D eigenvalue weighted by Crippen LogP contribution is 2.16. The van der Waals surface area contributed by atoms with E-state index < -0.39 is 10.8 Å². The van der Waals surface area contributed by atoms with Gasteiger partial charge in [0.05, 0.1) is 11.4 Å². The van der Waals surface area contributed by atoms with Gasteiger partial charge in [0, 0.05) is 33.5 Å². The van der Waals surface area contributed by atoms with Gasteiger partial charge in [-0.3, -0.25) is 4.21 Å². The Morgan fingerprint density at radius 3 is 2.77 bits per heavy atom. The highest BCUT2D eigenvalue weighted by molar-refractivity contribution is 7.84. The topological polar surface area (TPSA) is 34.4 Å². The lowest BCUT2D eigenvalue weighted by Gasteiger charge is -2.03. The Balaban J connectivity index is 1.66. The van der Waals surface area contributed by atoms with Crippen molar-refractivity contribution in [1.29, 1.82) is 0 Å². The van der Waals surface area contributed by atoms with Crippen LogP contribution < -0.4 is 0 Å². The van der Waals surface area contributed by atoms with Gasteiger partial charge in [-0.15, -0.1) is 0 Å². The smallest absolute Gasteiger partial charge is 0.137 e. The van der Waals surface area contributed by atoms with Gasteiger partial charge in [-0.25, -0.2) is 4.98 Å². The molecular weight excluding hydrogens is 316 g/mol. The molecule has 0 spiro atoms. The van der Waals surface area contributed by atoms with Crippen LogP contribution in [-0.2, 0) is 23.0 Å². The van der Waals surface area contributed by atoms with E-state index in [1.54, 1.807) is 0 Å². The zero-order valence-electron chi connectivity index (χ0n) is 12.3.